The highest BCUT2D eigenvalue weighted by atomic mass is 35.5. The molecule has 0 spiro atoms. The molecule has 2 aromatic carbocycles. The number of benzene rings is 2. The van der Waals surface area contributed by atoms with E-state index in [1.165, 1.54) is 0 Å². The van der Waals surface area contributed by atoms with Crippen LogP contribution in [0, 0.1) is 42.4 Å². The number of imide groups is 1. The van der Waals surface area contributed by atoms with Crippen LogP contribution in [0.4, 0.5) is 0 Å². The molecule has 4 aliphatic carbocycles. The molecule has 3 fully saturated rings. The molecular weight excluding hydrogens is 481 g/mol. The summed E-state index contributed by atoms with van der Waals surface area (Å²) in [7, 11) is 0. The smallest absolute Gasteiger partial charge is 0.254 e. The zero-order chi connectivity index (χ0) is 24.0. The molecule has 0 N–H and O–H groups in total. The molecule has 1 aromatic heterocycles. The van der Waals surface area contributed by atoms with Gasteiger partial charge in [0, 0.05) is 28.7 Å². The Morgan fingerprint density at radius 3 is 2.34 bits per heavy atom. The highest BCUT2D eigenvalue weighted by Gasteiger charge is 2.67. The molecule has 0 radical (unpaired) electrons. The summed E-state index contributed by atoms with van der Waals surface area (Å²) in [5.74, 6) is 0.785. The number of aromatic nitrogens is 1. The lowest BCUT2D eigenvalue weighted by molar-refractivity contribution is -0.140. The molecular formula is C28H23Cl2N3O2. The van der Waals surface area contributed by atoms with E-state index >= 15 is 0 Å². The van der Waals surface area contributed by atoms with E-state index < -0.39 is 0 Å². The number of hydrazone groups is 1. The van der Waals surface area contributed by atoms with Crippen molar-refractivity contribution in [3.8, 4) is 0 Å². The van der Waals surface area contributed by atoms with E-state index in [4.69, 9.17) is 23.2 Å². The standard InChI is InChI=1S/C28H23Cl2N3O2/c1-14-21(16-4-2-3-5-24(16)32(14)13-15-6-9-22(29)23(30)10-15)12-31-33-27(34)25-17-7-8-18(20-11-19(17)20)26(25)28(33)35/h2-10,12,17-20,25-26H,11,13H2,1H3/b31-12-/t17-,18-,19-,20+,25+,26+/m0/s1. The summed E-state index contributed by atoms with van der Waals surface area (Å²) in [6.45, 7) is 2.64. The van der Waals surface area contributed by atoms with E-state index in [0.717, 1.165) is 39.2 Å². The highest BCUT2D eigenvalue weighted by molar-refractivity contribution is 6.42. The maximum Gasteiger partial charge on any atom is 0.254 e. The van der Waals surface area contributed by atoms with Crippen molar-refractivity contribution in [1.82, 2.24) is 9.58 Å². The molecule has 7 heteroatoms. The van der Waals surface area contributed by atoms with Crippen molar-refractivity contribution in [1.29, 1.82) is 0 Å². The van der Waals surface area contributed by atoms with Crippen LogP contribution in [0.1, 0.15) is 23.2 Å². The number of fused-ring (bicyclic) bond motifs is 1. The van der Waals surface area contributed by atoms with Gasteiger partial charge < -0.3 is 4.57 Å². The summed E-state index contributed by atoms with van der Waals surface area (Å²) in [6, 6.07) is 13.7. The van der Waals surface area contributed by atoms with Crippen molar-refractivity contribution in [2.24, 2.45) is 40.6 Å². The van der Waals surface area contributed by atoms with Gasteiger partial charge in [-0.05, 0) is 60.8 Å². The summed E-state index contributed by atoms with van der Waals surface area (Å²) < 4.78 is 2.20. The highest BCUT2D eigenvalue weighted by Crippen LogP contribution is 2.65. The Bertz CT molecular complexity index is 1450. The fourth-order valence-electron chi connectivity index (χ4n) is 6.82. The lowest BCUT2D eigenvalue weighted by Gasteiger charge is -2.37. The average molecular weight is 504 g/mol. The number of para-hydroxylation sites is 1. The predicted molar refractivity (Wildman–Crippen MR) is 136 cm³/mol. The molecule has 1 aliphatic heterocycles. The van der Waals surface area contributed by atoms with E-state index in [2.05, 4.69) is 27.9 Å². The monoisotopic (exact) mass is 503 g/mol. The Hall–Kier alpha value is -2.89. The van der Waals surface area contributed by atoms with E-state index in [1.807, 2.05) is 37.3 Å². The molecule has 2 heterocycles. The third-order valence-electron chi connectivity index (χ3n) is 8.55. The van der Waals surface area contributed by atoms with Crippen LogP contribution in [0.5, 0.6) is 0 Å². The minimum atomic E-state index is -0.240. The molecule has 0 unspecified atom stereocenters. The van der Waals surface area contributed by atoms with Gasteiger partial charge in [-0.2, -0.15) is 10.1 Å². The first-order valence-electron chi connectivity index (χ1n) is 12.1. The molecule has 35 heavy (non-hydrogen) atoms. The van der Waals surface area contributed by atoms with Gasteiger partial charge in [-0.25, -0.2) is 0 Å². The maximum atomic E-state index is 13.3. The van der Waals surface area contributed by atoms with Gasteiger partial charge in [0.25, 0.3) is 11.8 Å². The van der Waals surface area contributed by atoms with Gasteiger partial charge in [-0.3, -0.25) is 9.59 Å². The van der Waals surface area contributed by atoms with Crippen LogP contribution >= 0.6 is 23.2 Å². The summed E-state index contributed by atoms with van der Waals surface area (Å²) in [6.07, 6.45) is 7.20. The summed E-state index contributed by atoms with van der Waals surface area (Å²) >= 11 is 12.3. The molecule has 2 amide bonds. The summed E-state index contributed by atoms with van der Waals surface area (Å²) in [5.41, 5.74) is 3.98. The lowest BCUT2D eigenvalue weighted by atomic mass is 9.63. The van der Waals surface area contributed by atoms with E-state index in [1.54, 1.807) is 12.3 Å². The van der Waals surface area contributed by atoms with Gasteiger partial charge in [0.1, 0.15) is 0 Å². The Morgan fingerprint density at radius 2 is 1.66 bits per heavy atom. The number of carbonyl (C=O) groups excluding carboxylic acids is 2. The first kappa shape index (κ1) is 21.4. The van der Waals surface area contributed by atoms with Crippen molar-refractivity contribution in [2.75, 3.05) is 0 Å². The maximum absolute atomic E-state index is 13.3. The molecule has 2 saturated carbocycles. The molecule has 6 atom stereocenters. The third kappa shape index (κ3) is 3.04. The first-order valence-corrected chi connectivity index (χ1v) is 12.8. The van der Waals surface area contributed by atoms with E-state index in [0.29, 0.717) is 28.4 Å². The second kappa shape index (κ2) is 7.55. The van der Waals surface area contributed by atoms with Gasteiger partial charge in [0.05, 0.1) is 28.1 Å². The minimum Gasteiger partial charge on any atom is -0.340 e. The summed E-state index contributed by atoms with van der Waals surface area (Å²) in [4.78, 5) is 26.6. The number of hydrogen-bond acceptors (Lipinski definition) is 3. The van der Waals surface area contributed by atoms with Gasteiger partial charge in [-0.1, -0.05) is 59.6 Å². The van der Waals surface area contributed by atoms with Gasteiger partial charge in [0.2, 0.25) is 0 Å². The van der Waals surface area contributed by atoms with Crippen molar-refractivity contribution in [2.45, 2.75) is 19.9 Å². The fourth-order valence-corrected chi connectivity index (χ4v) is 7.14. The molecule has 5 aliphatic rings. The average Bonchev–Trinajstić information content (AvgIpc) is 3.60. The molecule has 176 valence electrons. The lowest BCUT2D eigenvalue weighted by Crippen LogP contribution is -2.40. The van der Waals surface area contributed by atoms with Gasteiger partial charge in [0.15, 0.2) is 0 Å². The van der Waals surface area contributed by atoms with Gasteiger partial charge in [-0.15, -0.1) is 0 Å². The number of carbonyl (C=O) groups is 2. The third-order valence-corrected chi connectivity index (χ3v) is 9.29. The van der Waals surface area contributed by atoms with Crippen molar-refractivity contribution < 1.29 is 9.59 Å². The molecule has 1 saturated heterocycles. The normalized spacial score (nSPS) is 30.5. The number of rotatable bonds is 4. The predicted octanol–water partition coefficient (Wildman–Crippen LogP) is 5.69. The molecule has 5 nitrogen and oxygen atoms in total. The Morgan fingerprint density at radius 1 is 0.971 bits per heavy atom. The second-order valence-electron chi connectivity index (χ2n) is 10.2. The SMILES string of the molecule is Cc1c(/C=N\N2C(=O)[C@@H]3[C@H]4C=C[C@@H]([C@@H]5C[C@H]45)[C@H]3C2=O)c2ccccc2n1Cc1ccc(Cl)c(Cl)c1. The van der Waals surface area contributed by atoms with Crippen LogP contribution in [0.3, 0.4) is 0 Å². The van der Waals surface area contributed by atoms with Gasteiger partial charge >= 0.3 is 0 Å². The van der Waals surface area contributed by atoms with E-state index in [-0.39, 0.29) is 35.5 Å². The van der Waals surface area contributed by atoms with Crippen LogP contribution < -0.4 is 0 Å². The topological polar surface area (TPSA) is 54.7 Å². The van der Waals surface area contributed by atoms with Crippen LogP contribution in [0.15, 0.2) is 59.7 Å². The Kier molecular flexibility index (Phi) is 4.62. The zero-order valence-corrected chi connectivity index (χ0v) is 20.6. The molecule has 3 aromatic rings. The number of nitrogens with zero attached hydrogens (tertiary/aromatic N) is 3. The largest absolute Gasteiger partial charge is 0.340 e. The van der Waals surface area contributed by atoms with Crippen LogP contribution in [-0.4, -0.2) is 27.6 Å². The first-order chi connectivity index (χ1) is 16.9. The molecule has 8 rings (SSSR count). The van der Waals surface area contributed by atoms with Crippen LogP contribution in [0.25, 0.3) is 10.9 Å². The fraction of sp³-hybridized carbons (Fsp3) is 0.321. The van der Waals surface area contributed by atoms with Crippen LogP contribution in [0.2, 0.25) is 10.0 Å². The Balaban J connectivity index is 1.24. The number of hydrogen-bond donors (Lipinski definition) is 0. The number of allylic oxidation sites excluding steroid dienone is 2. The number of amides is 2. The van der Waals surface area contributed by atoms with Crippen LogP contribution in [-0.2, 0) is 16.1 Å². The second-order valence-corrected chi connectivity index (χ2v) is 11.1. The zero-order valence-electron chi connectivity index (χ0n) is 19.1. The van der Waals surface area contributed by atoms with E-state index in [9.17, 15) is 9.59 Å². The summed E-state index contributed by atoms with van der Waals surface area (Å²) in [5, 5.41) is 7.72. The molecule has 2 bridgehead atoms. The Labute approximate surface area is 213 Å². The van der Waals surface area contributed by atoms with Crippen molar-refractivity contribution in [3.63, 3.8) is 0 Å². The van der Waals surface area contributed by atoms with Crippen molar-refractivity contribution in [3.05, 3.63) is 81.5 Å². The minimum absolute atomic E-state index is 0.141. The quantitative estimate of drug-likeness (QED) is 0.260. The van der Waals surface area contributed by atoms with Crippen molar-refractivity contribution >= 4 is 52.1 Å². The number of halogens is 2.